The van der Waals surface area contributed by atoms with Crippen LogP contribution in [0.25, 0.3) is 0 Å². The van der Waals surface area contributed by atoms with Gasteiger partial charge in [-0.2, -0.15) is 0 Å². The highest BCUT2D eigenvalue weighted by Crippen LogP contribution is 2.31. The molecule has 1 aromatic rings. The summed E-state index contributed by atoms with van der Waals surface area (Å²) in [7, 11) is 2.07. The molecule has 1 atom stereocenters. The first-order chi connectivity index (χ1) is 13.0. The van der Waals surface area contributed by atoms with E-state index in [1.54, 1.807) is 6.20 Å². The lowest BCUT2D eigenvalue weighted by atomic mass is 10.1. The van der Waals surface area contributed by atoms with Crippen LogP contribution in [0, 0.1) is 0 Å². The Balaban J connectivity index is 1.63. The van der Waals surface area contributed by atoms with E-state index in [0.717, 1.165) is 51.3 Å². The van der Waals surface area contributed by atoms with E-state index >= 15 is 0 Å². The maximum absolute atomic E-state index is 12.6. The molecule has 7 nitrogen and oxygen atoms in total. The van der Waals surface area contributed by atoms with Crippen molar-refractivity contribution in [2.45, 2.75) is 38.8 Å². The first kappa shape index (κ1) is 19.8. The molecule has 27 heavy (non-hydrogen) atoms. The molecule has 0 bridgehead atoms. The molecule has 1 aromatic heterocycles. The fourth-order valence-corrected chi connectivity index (χ4v) is 3.61. The van der Waals surface area contributed by atoms with Gasteiger partial charge in [-0.05, 0) is 45.9 Å². The van der Waals surface area contributed by atoms with Gasteiger partial charge in [-0.1, -0.05) is 0 Å². The highest BCUT2D eigenvalue weighted by atomic mass is 16.5. The van der Waals surface area contributed by atoms with Gasteiger partial charge < -0.3 is 19.4 Å². The Morgan fingerprint density at radius 3 is 2.56 bits per heavy atom. The number of aromatic nitrogens is 1. The third-order valence-corrected chi connectivity index (χ3v) is 5.28. The van der Waals surface area contributed by atoms with E-state index in [2.05, 4.69) is 16.9 Å². The number of hydrogen-bond donors (Lipinski definition) is 0. The molecule has 2 aliphatic rings. The number of likely N-dealkylation sites (N-methyl/N-ethyl adjacent to an activating group) is 1. The van der Waals surface area contributed by atoms with Gasteiger partial charge in [-0.15, -0.1) is 0 Å². The molecule has 1 unspecified atom stereocenters. The quantitative estimate of drug-likeness (QED) is 0.783. The molecular formula is C20H30N4O3. The van der Waals surface area contributed by atoms with E-state index in [1.165, 1.54) is 0 Å². The third-order valence-electron chi connectivity index (χ3n) is 5.28. The number of amides is 2. The lowest BCUT2D eigenvalue weighted by molar-refractivity contribution is -0.138. The smallest absolute Gasteiger partial charge is 0.255 e. The SMILES string of the molecule is CC(C)OCC(=O)N1CCCC1c1ccc(C(=O)N2CCN(C)CC2)cn1. The van der Waals surface area contributed by atoms with Crippen LogP contribution in [0.2, 0.25) is 0 Å². The van der Waals surface area contributed by atoms with E-state index in [0.29, 0.717) is 5.56 Å². The zero-order chi connectivity index (χ0) is 19.4. The second-order valence-electron chi connectivity index (χ2n) is 7.67. The van der Waals surface area contributed by atoms with Crippen LogP contribution in [0.3, 0.4) is 0 Å². The number of rotatable bonds is 5. The van der Waals surface area contributed by atoms with E-state index in [1.807, 2.05) is 35.8 Å². The van der Waals surface area contributed by atoms with Gasteiger partial charge in [0.25, 0.3) is 5.91 Å². The maximum atomic E-state index is 12.6. The zero-order valence-corrected chi connectivity index (χ0v) is 16.6. The summed E-state index contributed by atoms with van der Waals surface area (Å²) < 4.78 is 5.46. The fourth-order valence-electron chi connectivity index (χ4n) is 3.61. The zero-order valence-electron chi connectivity index (χ0n) is 16.6. The minimum Gasteiger partial charge on any atom is -0.369 e. The summed E-state index contributed by atoms with van der Waals surface area (Å²) in [5.74, 6) is 0.0393. The molecule has 7 heteroatoms. The molecule has 0 saturated carbocycles. The predicted molar refractivity (Wildman–Crippen MR) is 102 cm³/mol. The Morgan fingerprint density at radius 2 is 1.93 bits per heavy atom. The highest BCUT2D eigenvalue weighted by Gasteiger charge is 2.31. The number of pyridine rings is 1. The number of nitrogens with zero attached hydrogens (tertiary/aromatic N) is 4. The molecule has 0 N–H and O–H groups in total. The average molecular weight is 374 g/mol. The minimum atomic E-state index is -0.0268. The van der Waals surface area contributed by atoms with Gasteiger partial charge in [0.1, 0.15) is 6.61 Å². The minimum absolute atomic E-state index is 0.00518. The van der Waals surface area contributed by atoms with Gasteiger partial charge in [0.15, 0.2) is 0 Å². The molecule has 2 amide bonds. The Kier molecular flexibility index (Phi) is 6.44. The number of hydrogen-bond acceptors (Lipinski definition) is 5. The summed E-state index contributed by atoms with van der Waals surface area (Å²) in [4.78, 5) is 35.6. The van der Waals surface area contributed by atoms with Crippen molar-refractivity contribution < 1.29 is 14.3 Å². The van der Waals surface area contributed by atoms with E-state index in [4.69, 9.17) is 4.74 Å². The van der Waals surface area contributed by atoms with Crippen molar-refractivity contribution in [3.05, 3.63) is 29.6 Å². The molecule has 3 rings (SSSR count). The van der Waals surface area contributed by atoms with Crippen LogP contribution < -0.4 is 0 Å². The largest absolute Gasteiger partial charge is 0.369 e. The highest BCUT2D eigenvalue weighted by molar-refractivity contribution is 5.94. The van der Waals surface area contributed by atoms with E-state index in [-0.39, 0.29) is 30.6 Å². The van der Waals surface area contributed by atoms with E-state index < -0.39 is 0 Å². The van der Waals surface area contributed by atoms with Crippen molar-refractivity contribution in [1.82, 2.24) is 19.7 Å². The van der Waals surface area contributed by atoms with Crippen LogP contribution in [0.5, 0.6) is 0 Å². The van der Waals surface area contributed by atoms with Crippen LogP contribution in [0.15, 0.2) is 18.3 Å². The Hall–Kier alpha value is -1.99. The molecular weight excluding hydrogens is 344 g/mol. The van der Waals surface area contributed by atoms with Gasteiger partial charge in [-0.25, -0.2) is 0 Å². The van der Waals surface area contributed by atoms with Gasteiger partial charge >= 0.3 is 0 Å². The molecule has 2 aliphatic heterocycles. The van der Waals surface area contributed by atoms with Gasteiger partial charge in [-0.3, -0.25) is 14.6 Å². The Labute approximate surface area is 161 Å². The number of likely N-dealkylation sites (tertiary alicyclic amines) is 1. The summed E-state index contributed by atoms with van der Waals surface area (Å²) >= 11 is 0. The molecule has 2 saturated heterocycles. The fraction of sp³-hybridized carbons (Fsp3) is 0.650. The molecule has 148 valence electrons. The third kappa shape index (κ3) is 4.84. The molecule has 2 fully saturated rings. The van der Waals surface area contributed by atoms with Crippen molar-refractivity contribution >= 4 is 11.8 Å². The van der Waals surface area contributed by atoms with Crippen molar-refractivity contribution in [3.63, 3.8) is 0 Å². The van der Waals surface area contributed by atoms with Crippen molar-refractivity contribution in [2.75, 3.05) is 46.4 Å². The summed E-state index contributed by atoms with van der Waals surface area (Å²) in [6.07, 6.45) is 3.54. The predicted octanol–water partition coefficient (Wildman–Crippen LogP) is 1.56. The lowest BCUT2D eigenvalue weighted by Crippen LogP contribution is -2.47. The first-order valence-electron chi connectivity index (χ1n) is 9.80. The average Bonchev–Trinajstić information content (AvgIpc) is 3.16. The van der Waals surface area contributed by atoms with Gasteiger partial charge in [0.2, 0.25) is 5.91 Å². The second-order valence-corrected chi connectivity index (χ2v) is 7.67. The van der Waals surface area contributed by atoms with Crippen molar-refractivity contribution in [3.8, 4) is 0 Å². The maximum Gasteiger partial charge on any atom is 0.255 e. The summed E-state index contributed by atoms with van der Waals surface area (Å²) in [5, 5.41) is 0. The van der Waals surface area contributed by atoms with E-state index in [9.17, 15) is 9.59 Å². The first-order valence-corrected chi connectivity index (χ1v) is 9.80. The molecule has 0 aliphatic carbocycles. The molecule has 0 spiro atoms. The van der Waals surface area contributed by atoms with Crippen LogP contribution in [-0.4, -0.2) is 84.0 Å². The Morgan fingerprint density at radius 1 is 1.19 bits per heavy atom. The number of piperazine rings is 1. The summed E-state index contributed by atoms with van der Waals surface area (Å²) in [6, 6.07) is 3.71. The lowest BCUT2D eigenvalue weighted by Gasteiger charge is -2.32. The summed E-state index contributed by atoms with van der Waals surface area (Å²) in [6.45, 7) is 7.97. The van der Waals surface area contributed by atoms with Gasteiger partial charge in [0.05, 0.1) is 23.4 Å². The Bertz CT molecular complexity index is 654. The van der Waals surface area contributed by atoms with Crippen LogP contribution in [0.1, 0.15) is 48.8 Å². The molecule has 3 heterocycles. The number of carbonyl (C=O) groups is 2. The molecule has 0 aromatic carbocycles. The van der Waals surface area contributed by atoms with Gasteiger partial charge in [0, 0.05) is 38.9 Å². The normalized spacial score (nSPS) is 21.1. The number of ether oxygens (including phenoxy) is 1. The van der Waals surface area contributed by atoms with Crippen LogP contribution >= 0.6 is 0 Å². The van der Waals surface area contributed by atoms with Crippen LogP contribution in [0.4, 0.5) is 0 Å². The molecule has 0 radical (unpaired) electrons. The second kappa shape index (κ2) is 8.80. The number of carbonyl (C=O) groups excluding carboxylic acids is 2. The van der Waals surface area contributed by atoms with Crippen molar-refractivity contribution in [2.24, 2.45) is 0 Å². The topological polar surface area (TPSA) is 66.0 Å². The van der Waals surface area contributed by atoms with Crippen molar-refractivity contribution in [1.29, 1.82) is 0 Å². The standard InChI is InChI=1S/C20H30N4O3/c1-15(2)27-14-19(25)24-8-4-5-18(24)17-7-6-16(13-21-17)20(26)23-11-9-22(3)10-12-23/h6-7,13,15,18H,4-5,8-12,14H2,1-3H3. The van der Waals surface area contributed by atoms with Crippen LogP contribution in [-0.2, 0) is 9.53 Å². The monoisotopic (exact) mass is 374 g/mol. The summed E-state index contributed by atoms with van der Waals surface area (Å²) in [5.41, 5.74) is 1.46.